The number of nitrogens with one attached hydrogen (secondary N) is 1. The van der Waals surface area contributed by atoms with Gasteiger partial charge in [0.25, 0.3) is 0 Å². The molecule has 0 radical (unpaired) electrons. The van der Waals surface area contributed by atoms with E-state index in [-0.39, 0.29) is 5.91 Å². The number of hydrogen-bond donors (Lipinski definition) is 1. The van der Waals surface area contributed by atoms with Crippen LogP contribution in [0.2, 0.25) is 0 Å². The second-order valence-electron chi connectivity index (χ2n) is 2.95. The van der Waals surface area contributed by atoms with Gasteiger partial charge in [-0.1, -0.05) is 0 Å². The van der Waals surface area contributed by atoms with E-state index in [1.165, 1.54) is 18.3 Å². The lowest BCUT2D eigenvalue weighted by molar-refractivity contribution is -0.114. The number of carbonyl (C=O) groups excluding carboxylic acids is 1. The fourth-order valence-electron chi connectivity index (χ4n) is 1.14. The van der Waals surface area contributed by atoms with Gasteiger partial charge >= 0.3 is 0 Å². The number of thiazole rings is 1. The minimum absolute atomic E-state index is 0.110. The molecule has 0 unspecified atom stereocenters. The Balaban J connectivity index is 2.24. The van der Waals surface area contributed by atoms with Gasteiger partial charge in [-0.3, -0.25) is 9.78 Å². The number of rotatable bonds is 2. The normalized spacial score (nSPS) is 9.93. The molecule has 1 amide bonds. The first-order chi connectivity index (χ1) is 7.25. The molecule has 0 aromatic carbocycles. The average molecular weight is 219 g/mol. The Morgan fingerprint density at radius 1 is 1.40 bits per heavy atom. The van der Waals surface area contributed by atoms with Gasteiger partial charge in [-0.2, -0.15) is 0 Å². The molecule has 0 atom stereocenters. The highest BCUT2D eigenvalue weighted by Crippen LogP contribution is 2.24. The molecule has 1 N–H and O–H groups in total. The minimum atomic E-state index is -0.110. The summed E-state index contributed by atoms with van der Waals surface area (Å²) in [5.74, 6) is 0.487. The van der Waals surface area contributed by atoms with Crippen molar-refractivity contribution in [3.63, 3.8) is 0 Å². The SMILES string of the molecule is CC(=O)Nc1csc(-c2ccncc2)n1. The number of hydrogen-bond acceptors (Lipinski definition) is 4. The van der Waals surface area contributed by atoms with Gasteiger partial charge in [0.15, 0.2) is 0 Å². The summed E-state index contributed by atoms with van der Waals surface area (Å²) in [7, 11) is 0. The molecule has 2 aromatic heterocycles. The summed E-state index contributed by atoms with van der Waals surface area (Å²) < 4.78 is 0. The van der Waals surface area contributed by atoms with Crippen LogP contribution in [0.15, 0.2) is 29.9 Å². The largest absolute Gasteiger partial charge is 0.310 e. The molecule has 15 heavy (non-hydrogen) atoms. The van der Waals surface area contributed by atoms with Crippen molar-refractivity contribution in [3.8, 4) is 10.6 Å². The van der Waals surface area contributed by atoms with Crippen LogP contribution in [0.25, 0.3) is 10.6 Å². The predicted octanol–water partition coefficient (Wildman–Crippen LogP) is 2.16. The maximum Gasteiger partial charge on any atom is 0.222 e. The molecule has 4 nitrogen and oxygen atoms in total. The zero-order valence-corrected chi connectivity index (χ0v) is 8.91. The second-order valence-corrected chi connectivity index (χ2v) is 3.81. The van der Waals surface area contributed by atoms with E-state index in [0.29, 0.717) is 5.82 Å². The van der Waals surface area contributed by atoms with Crippen LogP contribution < -0.4 is 5.32 Å². The van der Waals surface area contributed by atoms with Crippen LogP contribution in [-0.2, 0) is 4.79 Å². The molecular weight excluding hydrogens is 210 g/mol. The van der Waals surface area contributed by atoms with Crippen molar-refractivity contribution < 1.29 is 4.79 Å². The molecule has 2 aromatic rings. The molecule has 0 saturated heterocycles. The van der Waals surface area contributed by atoms with E-state index in [2.05, 4.69) is 15.3 Å². The van der Waals surface area contributed by atoms with E-state index in [4.69, 9.17) is 0 Å². The van der Waals surface area contributed by atoms with E-state index in [0.717, 1.165) is 10.6 Å². The molecule has 2 rings (SSSR count). The standard InChI is InChI=1S/C10H9N3OS/c1-7(14)12-9-6-15-10(13-9)8-2-4-11-5-3-8/h2-6H,1H3,(H,12,14). The summed E-state index contributed by atoms with van der Waals surface area (Å²) in [5, 5.41) is 5.33. The van der Waals surface area contributed by atoms with Gasteiger partial charge in [-0.25, -0.2) is 4.98 Å². The fourth-order valence-corrected chi connectivity index (χ4v) is 1.90. The van der Waals surface area contributed by atoms with Crippen LogP contribution in [0.5, 0.6) is 0 Å². The molecule has 5 heteroatoms. The molecule has 0 saturated carbocycles. The second kappa shape index (κ2) is 4.18. The zero-order chi connectivity index (χ0) is 10.7. The Bertz CT molecular complexity index is 467. The number of amides is 1. The van der Waals surface area contributed by atoms with Gasteiger partial charge in [-0.15, -0.1) is 11.3 Å². The van der Waals surface area contributed by atoms with Crippen LogP contribution in [0.3, 0.4) is 0 Å². The van der Waals surface area contributed by atoms with Gasteiger partial charge in [0.05, 0.1) is 0 Å². The Morgan fingerprint density at radius 2 is 2.13 bits per heavy atom. The topological polar surface area (TPSA) is 54.9 Å². The van der Waals surface area contributed by atoms with Gasteiger partial charge in [0, 0.05) is 30.3 Å². The lowest BCUT2D eigenvalue weighted by Crippen LogP contribution is -2.05. The summed E-state index contributed by atoms with van der Waals surface area (Å²) in [6.45, 7) is 1.46. The van der Waals surface area contributed by atoms with E-state index in [1.807, 2.05) is 17.5 Å². The lowest BCUT2D eigenvalue weighted by atomic mass is 10.3. The fraction of sp³-hybridized carbons (Fsp3) is 0.100. The quantitative estimate of drug-likeness (QED) is 0.842. The van der Waals surface area contributed by atoms with Gasteiger partial charge < -0.3 is 5.32 Å². The maximum absolute atomic E-state index is 10.8. The molecule has 0 spiro atoms. The van der Waals surface area contributed by atoms with Crippen LogP contribution >= 0.6 is 11.3 Å². The number of aromatic nitrogens is 2. The summed E-state index contributed by atoms with van der Waals surface area (Å²) in [6, 6.07) is 3.77. The van der Waals surface area contributed by atoms with Gasteiger partial charge in [0.1, 0.15) is 10.8 Å². The summed E-state index contributed by atoms with van der Waals surface area (Å²) in [4.78, 5) is 19.0. The molecule has 0 aliphatic heterocycles. The first-order valence-corrected chi connectivity index (χ1v) is 5.27. The van der Waals surface area contributed by atoms with Crippen molar-refractivity contribution in [1.82, 2.24) is 9.97 Å². The first-order valence-electron chi connectivity index (χ1n) is 4.39. The molecule has 0 fully saturated rings. The Morgan fingerprint density at radius 3 is 2.80 bits per heavy atom. The number of carbonyl (C=O) groups is 1. The summed E-state index contributed by atoms with van der Waals surface area (Å²) in [6.07, 6.45) is 3.43. The van der Waals surface area contributed by atoms with E-state index >= 15 is 0 Å². The Kier molecular flexibility index (Phi) is 2.73. The van der Waals surface area contributed by atoms with Crippen molar-refractivity contribution in [2.45, 2.75) is 6.92 Å². The average Bonchev–Trinajstić information content (AvgIpc) is 2.67. The Labute approximate surface area is 91.0 Å². The zero-order valence-electron chi connectivity index (χ0n) is 8.10. The third kappa shape index (κ3) is 2.38. The van der Waals surface area contributed by atoms with Crippen LogP contribution in [-0.4, -0.2) is 15.9 Å². The smallest absolute Gasteiger partial charge is 0.222 e. The highest BCUT2D eigenvalue weighted by Gasteiger charge is 2.04. The van der Waals surface area contributed by atoms with Crippen molar-refractivity contribution in [1.29, 1.82) is 0 Å². The van der Waals surface area contributed by atoms with Crippen molar-refractivity contribution in [2.75, 3.05) is 5.32 Å². The van der Waals surface area contributed by atoms with Crippen LogP contribution in [0, 0.1) is 0 Å². The van der Waals surface area contributed by atoms with Crippen LogP contribution in [0.4, 0.5) is 5.82 Å². The van der Waals surface area contributed by atoms with Gasteiger partial charge in [-0.05, 0) is 12.1 Å². The summed E-state index contributed by atoms with van der Waals surface area (Å²) >= 11 is 1.49. The van der Waals surface area contributed by atoms with E-state index in [9.17, 15) is 4.79 Å². The maximum atomic E-state index is 10.8. The highest BCUT2D eigenvalue weighted by atomic mass is 32.1. The van der Waals surface area contributed by atoms with Crippen molar-refractivity contribution in [3.05, 3.63) is 29.9 Å². The molecule has 0 aliphatic rings. The molecule has 76 valence electrons. The molecular formula is C10H9N3OS. The van der Waals surface area contributed by atoms with E-state index in [1.54, 1.807) is 12.4 Å². The van der Waals surface area contributed by atoms with Crippen molar-refractivity contribution in [2.24, 2.45) is 0 Å². The monoisotopic (exact) mass is 219 g/mol. The first kappa shape index (κ1) is 9.79. The third-order valence-electron chi connectivity index (χ3n) is 1.74. The molecule has 2 heterocycles. The predicted molar refractivity (Wildman–Crippen MR) is 59.6 cm³/mol. The molecule has 0 bridgehead atoms. The number of anilines is 1. The lowest BCUT2D eigenvalue weighted by Gasteiger charge is -1.95. The highest BCUT2D eigenvalue weighted by molar-refractivity contribution is 7.13. The number of nitrogens with zero attached hydrogens (tertiary/aromatic N) is 2. The number of pyridine rings is 1. The van der Waals surface area contributed by atoms with Crippen molar-refractivity contribution >= 4 is 23.1 Å². The molecule has 0 aliphatic carbocycles. The Hall–Kier alpha value is -1.75. The van der Waals surface area contributed by atoms with E-state index < -0.39 is 0 Å². The van der Waals surface area contributed by atoms with Crippen LogP contribution in [0.1, 0.15) is 6.92 Å². The third-order valence-corrected chi connectivity index (χ3v) is 2.63. The van der Waals surface area contributed by atoms with Gasteiger partial charge in [0.2, 0.25) is 5.91 Å². The minimum Gasteiger partial charge on any atom is -0.310 e. The summed E-state index contributed by atoms with van der Waals surface area (Å²) in [5.41, 5.74) is 1.01.